The van der Waals surface area contributed by atoms with E-state index in [2.05, 4.69) is 4.90 Å². The second kappa shape index (κ2) is 5.41. The van der Waals surface area contributed by atoms with E-state index in [1.54, 1.807) is 12.1 Å². The molecule has 0 aromatic heterocycles. The van der Waals surface area contributed by atoms with Gasteiger partial charge >= 0.3 is 0 Å². The maximum atomic E-state index is 13.0. The number of hydrogen-bond acceptors (Lipinski definition) is 2. The van der Waals surface area contributed by atoms with Gasteiger partial charge in [-0.3, -0.25) is 9.69 Å². The van der Waals surface area contributed by atoms with Crippen LogP contribution in [0.5, 0.6) is 0 Å². The number of benzene rings is 1. The van der Waals surface area contributed by atoms with E-state index in [0.717, 1.165) is 24.8 Å². The first-order valence-corrected chi connectivity index (χ1v) is 6.11. The van der Waals surface area contributed by atoms with Crippen molar-refractivity contribution < 1.29 is 9.18 Å². The molecule has 0 spiro atoms. The van der Waals surface area contributed by atoms with E-state index in [0.29, 0.717) is 24.8 Å². The van der Waals surface area contributed by atoms with Crippen LogP contribution in [0, 0.1) is 5.82 Å². The van der Waals surface area contributed by atoms with Gasteiger partial charge in [0.2, 0.25) is 0 Å². The molecule has 1 fully saturated rings. The van der Waals surface area contributed by atoms with Crippen LogP contribution in [-0.4, -0.2) is 23.8 Å². The molecule has 0 radical (unpaired) electrons. The van der Waals surface area contributed by atoms with Crippen molar-refractivity contribution in [1.82, 2.24) is 4.90 Å². The third kappa shape index (κ3) is 3.37. The SMILES string of the molecule is CN(Cc1cccc(F)c1)C1CCCC(=O)C1. The van der Waals surface area contributed by atoms with Crippen molar-refractivity contribution in [3.8, 4) is 0 Å². The fraction of sp³-hybridized carbons (Fsp3) is 0.500. The Balaban J connectivity index is 1.96. The van der Waals surface area contributed by atoms with Crippen LogP contribution >= 0.6 is 0 Å². The van der Waals surface area contributed by atoms with Gasteiger partial charge in [-0.25, -0.2) is 4.39 Å². The normalized spacial score (nSPS) is 20.9. The lowest BCUT2D eigenvalue weighted by Gasteiger charge is -2.30. The van der Waals surface area contributed by atoms with Gasteiger partial charge in [0.15, 0.2) is 0 Å². The summed E-state index contributed by atoms with van der Waals surface area (Å²) >= 11 is 0. The molecule has 1 saturated carbocycles. The van der Waals surface area contributed by atoms with Crippen LogP contribution in [-0.2, 0) is 11.3 Å². The highest BCUT2D eigenvalue weighted by atomic mass is 19.1. The van der Waals surface area contributed by atoms with Crippen molar-refractivity contribution in [1.29, 1.82) is 0 Å². The van der Waals surface area contributed by atoms with Gasteiger partial charge in [0, 0.05) is 25.4 Å². The van der Waals surface area contributed by atoms with E-state index < -0.39 is 0 Å². The number of Topliss-reactive ketones (excluding diaryl/α,β-unsaturated/α-hetero) is 1. The van der Waals surface area contributed by atoms with E-state index >= 15 is 0 Å². The quantitative estimate of drug-likeness (QED) is 0.803. The maximum absolute atomic E-state index is 13.0. The standard InChI is InChI=1S/C14H18FNO/c1-16(13-6-3-7-14(17)9-13)10-11-4-2-5-12(15)8-11/h2,4-5,8,13H,3,6-7,9-10H2,1H3. The van der Waals surface area contributed by atoms with Crippen molar-refractivity contribution in [3.63, 3.8) is 0 Å². The lowest BCUT2D eigenvalue weighted by atomic mass is 9.93. The minimum Gasteiger partial charge on any atom is -0.300 e. The lowest BCUT2D eigenvalue weighted by Crippen LogP contribution is -2.35. The summed E-state index contributed by atoms with van der Waals surface area (Å²) in [6.07, 6.45) is 3.42. The van der Waals surface area contributed by atoms with Crippen LogP contribution in [0.2, 0.25) is 0 Å². The third-order valence-electron chi connectivity index (χ3n) is 3.40. The molecule has 3 heteroatoms. The molecule has 1 aliphatic rings. The zero-order valence-corrected chi connectivity index (χ0v) is 10.2. The first-order valence-electron chi connectivity index (χ1n) is 6.11. The molecule has 1 aliphatic carbocycles. The van der Waals surface area contributed by atoms with Gasteiger partial charge in [0.05, 0.1) is 0 Å². The summed E-state index contributed by atoms with van der Waals surface area (Å²) in [7, 11) is 2.01. The van der Waals surface area contributed by atoms with Gasteiger partial charge in [0.25, 0.3) is 0 Å². The highest BCUT2D eigenvalue weighted by Gasteiger charge is 2.22. The van der Waals surface area contributed by atoms with Crippen LogP contribution < -0.4 is 0 Å². The van der Waals surface area contributed by atoms with Gasteiger partial charge in [-0.1, -0.05) is 12.1 Å². The molecule has 0 amide bonds. The molecular weight excluding hydrogens is 217 g/mol. The number of nitrogens with zero attached hydrogens (tertiary/aromatic N) is 1. The molecule has 92 valence electrons. The first kappa shape index (κ1) is 12.2. The Morgan fingerprint density at radius 2 is 2.29 bits per heavy atom. The summed E-state index contributed by atoms with van der Waals surface area (Å²) in [6.45, 7) is 0.704. The van der Waals surface area contributed by atoms with Gasteiger partial charge < -0.3 is 0 Å². The average molecular weight is 235 g/mol. The van der Waals surface area contributed by atoms with Crippen molar-refractivity contribution >= 4 is 5.78 Å². The maximum Gasteiger partial charge on any atom is 0.134 e. The van der Waals surface area contributed by atoms with Crippen LogP contribution in [0.3, 0.4) is 0 Å². The van der Waals surface area contributed by atoms with Crippen LogP contribution in [0.25, 0.3) is 0 Å². The van der Waals surface area contributed by atoms with Crippen molar-refractivity contribution in [2.45, 2.75) is 38.3 Å². The van der Waals surface area contributed by atoms with Crippen LogP contribution in [0.1, 0.15) is 31.2 Å². The van der Waals surface area contributed by atoms with Crippen LogP contribution in [0.15, 0.2) is 24.3 Å². The Kier molecular flexibility index (Phi) is 3.89. The molecule has 1 atom stereocenters. The molecule has 0 heterocycles. The molecule has 0 N–H and O–H groups in total. The Labute approximate surface area is 101 Å². The molecule has 17 heavy (non-hydrogen) atoms. The minimum absolute atomic E-state index is 0.198. The van der Waals surface area contributed by atoms with Crippen molar-refractivity contribution in [3.05, 3.63) is 35.6 Å². The largest absolute Gasteiger partial charge is 0.300 e. The zero-order valence-electron chi connectivity index (χ0n) is 10.2. The minimum atomic E-state index is -0.198. The van der Waals surface area contributed by atoms with E-state index in [4.69, 9.17) is 0 Å². The van der Waals surface area contributed by atoms with Crippen molar-refractivity contribution in [2.24, 2.45) is 0 Å². The summed E-state index contributed by atoms with van der Waals surface area (Å²) in [5, 5.41) is 0. The molecule has 1 aromatic rings. The number of hydrogen-bond donors (Lipinski definition) is 0. The molecule has 1 unspecified atom stereocenters. The number of halogens is 1. The van der Waals surface area contributed by atoms with Gasteiger partial charge in [-0.15, -0.1) is 0 Å². The smallest absolute Gasteiger partial charge is 0.134 e. The summed E-state index contributed by atoms with van der Waals surface area (Å²) in [5.41, 5.74) is 0.963. The molecule has 1 aromatic carbocycles. The second-order valence-electron chi connectivity index (χ2n) is 4.83. The average Bonchev–Trinajstić information content (AvgIpc) is 2.29. The van der Waals surface area contributed by atoms with E-state index in [9.17, 15) is 9.18 Å². The summed E-state index contributed by atoms with van der Waals surface area (Å²) in [6, 6.07) is 6.98. The first-order chi connectivity index (χ1) is 8.15. The lowest BCUT2D eigenvalue weighted by molar-refractivity contribution is -0.121. The zero-order chi connectivity index (χ0) is 12.3. The fourth-order valence-electron chi connectivity index (χ4n) is 2.43. The monoisotopic (exact) mass is 235 g/mol. The molecular formula is C14H18FNO. The van der Waals surface area contributed by atoms with Gasteiger partial charge in [-0.05, 0) is 37.6 Å². The summed E-state index contributed by atoms with van der Waals surface area (Å²) in [5.74, 6) is 0.156. The fourth-order valence-corrected chi connectivity index (χ4v) is 2.43. The molecule has 2 nitrogen and oxygen atoms in total. The second-order valence-corrected chi connectivity index (χ2v) is 4.83. The Morgan fingerprint density at radius 1 is 1.47 bits per heavy atom. The summed E-state index contributed by atoms with van der Waals surface area (Å²) < 4.78 is 13.0. The molecule has 0 saturated heterocycles. The highest BCUT2D eigenvalue weighted by molar-refractivity contribution is 5.79. The molecule has 0 aliphatic heterocycles. The predicted octanol–water partition coefficient (Wildman–Crippen LogP) is 2.77. The van der Waals surface area contributed by atoms with Gasteiger partial charge in [0.1, 0.15) is 11.6 Å². The topological polar surface area (TPSA) is 20.3 Å². The Morgan fingerprint density at radius 3 is 3.00 bits per heavy atom. The number of ketones is 1. The molecule has 0 bridgehead atoms. The highest BCUT2D eigenvalue weighted by Crippen LogP contribution is 2.20. The van der Waals surface area contributed by atoms with E-state index in [-0.39, 0.29) is 5.82 Å². The van der Waals surface area contributed by atoms with E-state index in [1.807, 2.05) is 13.1 Å². The van der Waals surface area contributed by atoms with Crippen LogP contribution in [0.4, 0.5) is 4.39 Å². The number of carbonyl (C=O) groups is 1. The van der Waals surface area contributed by atoms with E-state index in [1.165, 1.54) is 6.07 Å². The summed E-state index contributed by atoms with van der Waals surface area (Å²) in [4.78, 5) is 13.6. The predicted molar refractivity (Wildman–Crippen MR) is 65.1 cm³/mol. The number of carbonyl (C=O) groups excluding carboxylic acids is 1. The number of rotatable bonds is 3. The third-order valence-corrected chi connectivity index (χ3v) is 3.40. The van der Waals surface area contributed by atoms with Gasteiger partial charge in [-0.2, -0.15) is 0 Å². The Hall–Kier alpha value is -1.22. The van der Waals surface area contributed by atoms with Crippen molar-refractivity contribution in [2.75, 3.05) is 7.05 Å². The Bertz CT molecular complexity index is 405. The molecule has 2 rings (SSSR count).